The molecule has 2 heterocycles. The van der Waals surface area contributed by atoms with E-state index in [-0.39, 0.29) is 33.3 Å². The van der Waals surface area contributed by atoms with E-state index in [1.54, 1.807) is 0 Å². The van der Waals surface area contributed by atoms with Crippen LogP contribution in [-0.4, -0.2) is 32.3 Å². The topological polar surface area (TPSA) is 106 Å². The summed E-state index contributed by atoms with van der Waals surface area (Å²) in [7, 11) is -3.05. The normalized spacial score (nSPS) is 13.7. The first-order valence-corrected chi connectivity index (χ1v) is 11.2. The van der Waals surface area contributed by atoms with E-state index < -0.39 is 38.5 Å². The molecule has 0 saturated heterocycles. The average molecular weight is 512 g/mol. The van der Waals surface area contributed by atoms with Gasteiger partial charge in [0.1, 0.15) is 5.75 Å². The van der Waals surface area contributed by atoms with Gasteiger partial charge in [-0.15, -0.1) is 0 Å². The summed E-state index contributed by atoms with van der Waals surface area (Å²) >= 11 is 6.14. The number of amides is 2. The number of imide groups is 1. The van der Waals surface area contributed by atoms with Gasteiger partial charge in [-0.1, -0.05) is 11.6 Å². The van der Waals surface area contributed by atoms with Gasteiger partial charge in [-0.2, -0.15) is 13.2 Å². The van der Waals surface area contributed by atoms with Crippen molar-refractivity contribution >= 4 is 44.8 Å². The Bertz CT molecular complexity index is 1430. The number of sulfonamides is 1. The number of hydrogen-bond donors (Lipinski definition) is 1. The molecule has 8 nitrogen and oxygen atoms in total. The summed E-state index contributed by atoms with van der Waals surface area (Å²) in [5.74, 6) is -1.42. The Morgan fingerprint density at radius 3 is 2.26 bits per heavy atom. The van der Waals surface area contributed by atoms with Gasteiger partial charge in [-0.3, -0.25) is 19.3 Å². The molecule has 34 heavy (non-hydrogen) atoms. The molecule has 0 unspecified atom stereocenters. The third-order valence-electron chi connectivity index (χ3n) is 4.92. The molecule has 13 heteroatoms. The first-order chi connectivity index (χ1) is 15.9. The van der Waals surface area contributed by atoms with Gasteiger partial charge in [-0.25, -0.2) is 13.3 Å². The molecule has 0 spiro atoms. The van der Waals surface area contributed by atoms with E-state index in [1.165, 1.54) is 37.7 Å². The predicted molar refractivity (Wildman–Crippen MR) is 116 cm³/mol. The molecular weight excluding hydrogens is 499 g/mol. The molecule has 3 aromatic rings. The molecular formula is C21H13ClF3N3O5S. The van der Waals surface area contributed by atoms with E-state index in [0.29, 0.717) is 12.1 Å². The van der Waals surface area contributed by atoms with Crippen molar-refractivity contribution in [1.29, 1.82) is 0 Å². The van der Waals surface area contributed by atoms with Gasteiger partial charge in [0, 0.05) is 6.07 Å². The van der Waals surface area contributed by atoms with E-state index in [2.05, 4.69) is 9.71 Å². The number of benzene rings is 2. The van der Waals surface area contributed by atoms with Crippen LogP contribution in [0.2, 0.25) is 5.02 Å². The van der Waals surface area contributed by atoms with Crippen molar-refractivity contribution in [3.05, 3.63) is 76.6 Å². The lowest BCUT2D eigenvalue weighted by Crippen LogP contribution is -2.29. The highest BCUT2D eigenvalue weighted by Crippen LogP contribution is 2.38. The zero-order valence-electron chi connectivity index (χ0n) is 17.1. The van der Waals surface area contributed by atoms with Crippen LogP contribution in [0.4, 0.5) is 24.5 Å². The number of ether oxygens (including phenoxy) is 1. The van der Waals surface area contributed by atoms with Gasteiger partial charge < -0.3 is 4.74 Å². The Morgan fingerprint density at radius 2 is 1.65 bits per heavy atom. The van der Waals surface area contributed by atoms with Gasteiger partial charge >= 0.3 is 6.18 Å². The van der Waals surface area contributed by atoms with Crippen molar-refractivity contribution in [1.82, 2.24) is 4.98 Å². The number of methoxy groups -OCH3 is 1. The number of halogens is 4. The van der Waals surface area contributed by atoms with Crippen molar-refractivity contribution in [3.63, 3.8) is 0 Å². The van der Waals surface area contributed by atoms with Gasteiger partial charge in [0.25, 0.3) is 21.8 Å². The number of anilines is 2. The fourth-order valence-corrected chi connectivity index (χ4v) is 4.62. The van der Waals surface area contributed by atoms with Crippen LogP contribution in [0.25, 0.3) is 0 Å². The molecule has 1 aliphatic heterocycles. The summed E-state index contributed by atoms with van der Waals surface area (Å²) in [5, 5.41) is -0.0933. The summed E-state index contributed by atoms with van der Waals surface area (Å²) in [6, 6.07) is 6.59. The van der Waals surface area contributed by atoms with Crippen LogP contribution in [0, 0.1) is 0 Å². The number of nitrogens with zero attached hydrogens (tertiary/aromatic N) is 2. The monoisotopic (exact) mass is 511 g/mol. The number of carbonyl (C=O) groups excluding carboxylic acids is 2. The minimum Gasteiger partial charge on any atom is -0.495 e. The molecule has 0 atom stereocenters. The maximum Gasteiger partial charge on any atom is 0.416 e. The van der Waals surface area contributed by atoms with E-state index in [0.717, 1.165) is 17.0 Å². The lowest BCUT2D eigenvalue weighted by atomic mass is 10.1. The van der Waals surface area contributed by atoms with Crippen molar-refractivity contribution < 1.29 is 35.9 Å². The highest BCUT2D eigenvalue weighted by molar-refractivity contribution is 7.92. The number of pyridine rings is 1. The average Bonchev–Trinajstić information content (AvgIpc) is 3.06. The summed E-state index contributed by atoms with van der Waals surface area (Å²) in [6.45, 7) is 0. The Labute approximate surface area is 196 Å². The van der Waals surface area contributed by atoms with Crippen molar-refractivity contribution in [3.8, 4) is 5.75 Å². The Balaban J connectivity index is 1.73. The minimum absolute atomic E-state index is 0.0677. The van der Waals surface area contributed by atoms with E-state index in [9.17, 15) is 31.2 Å². The zero-order chi connectivity index (χ0) is 24.8. The molecule has 0 aliphatic carbocycles. The maximum absolute atomic E-state index is 13.2. The van der Waals surface area contributed by atoms with E-state index in [1.807, 2.05) is 0 Å². The molecule has 176 valence electrons. The number of aromatic nitrogens is 1. The van der Waals surface area contributed by atoms with Gasteiger partial charge in [0.2, 0.25) is 0 Å². The van der Waals surface area contributed by atoms with Gasteiger partial charge in [-0.05, 0) is 36.4 Å². The fraction of sp³-hybridized carbons (Fsp3) is 0.0952. The second-order valence-corrected chi connectivity index (χ2v) is 9.09. The summed E-state index contributed by atoms with van der Waals surface area (Å²) < 4.78 is 71.2. The standard InChI is InChI=1S/C21H13ClF3N3O5S/c1-33-13-8-12(9-26-10-13)28-19(29)17-15(22)6-7-16(18(17)20(28)30)27-34(31,32)14-4-2-11(3-5-14)21(23,24)25/h2-10,27H,1H3. The van der Waals surface area contributed by atoms with Gasteiger partial charge in [0.15, 0.2) is 0 Å². The number of carbonyl (C=O) groups is 2. The van der Waals surface area contributed by atoms with Gasteiger partial charge in [0.05, 0.1) is 57.5 Å². The van der Waals surface area contributed by atoms with Crippen molar-refractivity contribution in [2.24, 2.45) is 0 Å². The predicted octanol–water partition coefficient (Wildman–Crippen LogP) is 4.36. The molecule has 1 N–H and O–H groups in total. The fourth-order valence-electron chi connectivity index (χ4n) is 3.31. The minimum atomic E-state index is -4.64. The molecule has 1 aliphatic rings. The SMILES string of the molecule is COc1cncc(N2C(=O)c3c(Cl)ccc(NS(=O)(=O)c4ccc(C(F)(F)F)cc4)c3C2=O)c1. The molecule has 0 radical (unpaired) electrons. The van der Waals surface area contributed by atoms with Crippen LogP contribution in [0.15, 0.2) is 59.8 Å². The number of hydrogen-bond acceptors (Lipinski definition) is 6. The third kappa shape index (κ3) is 4.05. The van der Waals surface area contributed by atoms with Crippen LogP contribution in [0.5, 0.6) is 5.75 Å². The van der Waals surface area contributed by atoms with Crippen LogP contribution in [0.1, 0.15) is 26.3 Å². The highest BCUT2D eigenvalue weighted by atomic mass is 35.5. The number of nitrogens with one attached hydrogen (secondary N) is 1. The summed E-state index contributed by atoms with van der Waals surface area (Å²) in [5.41, 5.74) is -1.77. The smallest absolute Gasteiger partial charge is 0.416 e. The first-order valence-electron chi connectivity index (χ1n) is 9.34. The second-order valence-electron chi connectivity index (χ2n) is 7.00. The lowest BCUT2D eigenvalue weighted by Gasteiger charge is -2.14. The summed E-state index contributed by atoms with van der Waals surface area (Å²) in [6.07, 6.45) is -2.04. The number of alkyl halides is 3. The first kappa shape index (κ1) is 23.5. The highest BCUT2D eigenvalue weighted by Gasteiger charge is 2.41. The zero-order valence-corrected chi connectivity index (χ0v) is 18.6. The molecule has 0 fully saturated rings. The molecule has 4 rings (SSSR count). The van der Waals surface area contributed by atoms with Crippen molar-refractivity contribution in [2.45, 2.75) is 11.1 Å². The largest absolute Gasteiger partial charge is 0.495 e. The maximum atomic E-state index is 13.2. The van der Waals surface area contributed by atoms with E-state index in [4.69, 9.17) is 16.3 Å². The quantitative estimate of drug-likeness (QED) is 0.510. The molecule has 0 bridgehead atoms. The second kappa shape index (κ2) is 8.29. The third-order valence-corrected chi connectivity index (χ3v) is 6.61. The molecule has 1 aromatic heterocycles. The van der Waals surface area contributed by atoms with Crippen LogP contribution in [-0.2, 0) is 16.2 Å². The molecule has 2 aromatic carbocycles. The molecule has 2 amide bonds. The number of fused-ring (bicyclic) bond motifs is 1. The van der Waals surface area contributed by atoms with Crippen molar-refractivity contribution in [2.75, 3.05) is 16.7 Å². The molecule has 0 saturated carbocycles. The van der Waals surface area contributed by atoms with Crippen LogP contribution in [0.3, 0.4) is 0 Å². The Morgan fingerprint density at radius 1 is 1.00 bits per heavy atom. The Hall–Kier alpha value is -3.64. The summed E-state index contributed by atoms with van der Waals surface area (Å²) in [4.78, 5) is 30.4. The lowest BCUT2D eigenvalue weighted by molar-refractivity contribution is -0.137. The Kier molecular flexibility index (Phi) is 5.74. The van der Waals surface area contributed by atoms with Crippen LogP contribution < -0.4 is 14.4 Å². The van der Waals surface area contributed by atoms with Crippen LogP contribution >= 0.6 is 11.6 Å². The van der Waals surface area contributed by atoms with E-state index >= 15 is 0 Å². The number of rotatable bonds is 5.